The average molecular weight is 401 g/mol. The molecule has 0 unspecified atom stereocenters. The van der Waals surface area contributed by atoms with Crippen LogP contribution in [0, 0.1) is 13.8 Å². The largest absolute Gasteiger partial charge is 0.482 e. The Morgan fingerprint density at radius 2 is 1.66 bits per heavy atom. The maximum atomic E-state index is 12.5. The van der Waals surface area contributed by atoms with Gasteiger partial charge >= 0.3 is 11.9 Å². The number of benzene rings is 1. The van der Waals surface area contributed by atoms with Crippen molar-refractivity contribution in [1.29, 1.82) is 0 Å². The fraction of sp³-hybridized carbons (Fsp3) is 0.333. The lowest BCUT2D eigenvalue weighted by Crippen LogP contribution is -2.21. The van der Waals surface area contributed by atoms with Crippen LogP contribution in [-0.4, -0.2) is 48.3 Å². The standard InChI is InChI=1S/C21H23NO7/c1-5-27-21(26)20-13(3)22-12(2)19(20)17(24)10-29-18(25)11-28-16-8-6-7-15(9-16)14(4)23/h6-9,22H,5,10-11H2,1-4H3. The van der Waals surface area contributed by atoms with E-state index in [4.69, 9.17) is 14.2 Å². The molecule has 0 atom stereocenters. The summed E-state index contributed by atoms with van der Waals surface area (Å²) in [4.78, 5) is 50.9. The Labute approximate surface area is 168 Å². The maximum Gasteiger partial charge on any atom is 0.344 e. The van der Waals surface area contributed by atoms with Crippen LogP contribution >= 0.6 is 0 Å². The minimum atomic E-state index is -0.755. The summed E-state index contributed by atoms with van der Waals surface area (Å²) in [5, 5.41) is 0. The van der Waals surface area contributed by atoms with Gasteiger partial charge in [-0.3, -0.25) is 9.59 Å². The molecule has 8 nitrogen and oxygen atoms in total. The van der Waals surface area contributed by atoms with Crippen molar-refractivity contribution < 1.29 is 33.4 Å². The predicted molar refractivity (Wildman–Crippen MR) is 103 cm³/mol. The van der Waals surface area contributed by atoms with Gasteiger partial charge in [-0.15, -0.1) is 0 Å². The molecule has 154 valence electrons. The third-order valence-corrected chi connectivity index (χ3v) is 4.09. The van der Waals surface area contributed by atoms with Gasteiger partial charge in [-0.05, 0) is 39.8 Å². The second-order valence-electron chi connectivity index (χ2n) is 6.30. The summed E-state index contributed by atoms with van der Waals surface area (Å²) in [6, 6.07) is 6.38. The minimum absolute atomic E-state index is 0.127. The SMILES string of the molecule is CCOC(=O)c1c(C)[nH]c(C)c1C(=O)COC(=O)COc1cccc(C(C)=O)c1. The summed E-state index contributed by atoms with van der Waals surface area (Å²) in [6.07, 6.45) is 0. The van der Waals surface area contributed by atoms with Crippen LogP contribution in [0.5, 0.6) is 5.75 Å². The molecule has 0 saturated heterocycles. The molecule has 0 bridgehead atoms. The lowest BCUT2D eigenvalue weighted by Gasteiger charge is -2.08. The second-order valence-corrected chi connectivity index (χ2v) is 6.30. The molecule has 1 aromatic carbocycles. The summed E-state index contributed by atoms with van der Waals surface area (Å²) in [6.45, 7) is 5.61. The number of aryl methyl sites for hydroxylation is 2. The van der Waals surface area contributed by atoms with Crippen LogP contribution < -0.4 is 4.74 Å². The van der Waals surface area contributed by atoms with Crippen LogP contribution in [0.15, 0.2) is 24.3 Å². The van der Waals surface area contributed by atoms with E-state index < -0.39 is 30.9 Å². The van der Waals surface area contributed by atoms with Crippen LogP contribution in [0.25, 0.3) is 0 Å². The molecule has 8 heteroatoms. The molecule has 1 N–H and O–H groups in total. The van der Waals surface area contributed by atoms with Crippen LogP contribution in [0.1, 0.15) is 56.3 Å². The number of aromatic nitrogens is 1. The number of H-pyrrole nitrogens is 1. The topological polar surface area (TPSA) is 112 Å². The van der Waals surface area contributed by atoms with Gasteiger partial charge in [0.2, 0.25) is 5.78 Å². The highest BCUT2D eigenvalue weighted by Crippen LogP contribution is 2.20. The lowest BCUT2D eigenvalue weighted by molar-refractivity contribution is -0.144. The number of ether oxygens (including phenoxy) is 3. The number of hydrogen-bond donors (Lipinski definition) is 1. The first-order chi connectivity index (χ1) is 13.7. The van der Waals surface area contributed by atoms with Crippen molar-refractivity contribution in [1.82, 2.24) is 4.98 Å². The molecule has 0 spiro atoms. The van der Waals surface area contributed by atoms with Crippen molar-refractivity contribution in [3.8, 4) is 5.75 Å². The third-order valence-electron chi connectivity index (χ3n) is 4.09. The molecule has 1 aromatic heterocycles. The van der Waals surface area contributed by atoms with Crippen LogP contribution in [0.3, 0.4) is 0 Å². The number of esters is 2. The lowest BCUT2D eigenvalue weighted by atomic mass is 10.1. The van der Waals surface area contributed by atoms with Crippen molar-refractivity contribution in [3.63, 3.8) is 0 Å². The van der Waals surface area contributed by atoms with Gasteiger partial charge in [0, 0.05) is 17.0 Å². The Bertz CT molecular complexity index is 943. The summed E-state index contributed by atoms with van der Waals surface area (Å²) in [5.41, 5.74) is 1.73. The average Bonchev–Trinajstić information content (AvgIpc) is 2.98. The van der Waals surface area contributed by atoms with Crippen molar-refractivity contribution in [2.45, 2.75) is 27.7 Å². The van der Waals surface area contributed by atoms with Gasteiger partial charge < -0.3 is 19.2 Å². The number of nitrogens with one attached hydrogen (secondary N) is 1. The second kappa shape index (κ2) is 9.68. The predicted octanol–water partition coefficient (Wildman–Crippen LogP) is 2.82. The van der Waals surface area contributed by atoms with E-state index in [-0.39, 0.29) is 23.5 Å². The highest BCUT2D eigenvalue weighted by atomic mass is 16.6. The highest BCUT2D eigenvalue weighted by molar-refractivity contribution is 6.09. The number of carbonyl (C=O) groups is 4. The van der Waals surface area contributed by atoms with Crippen molar-refractivity contribution >= 4 is 23.5 Å². The molecule has 2 rings (SSSR count). The van der Waals surface area contributed by atoms with Crippen molar-refractivity contribution in [2.75, 3.05) is 19.8 Å². The number of rotatable bonds is 9. The van der Waals surface area contributed by atoms with Gasteiger partial charge in [0.15, 0.2) is 19.0 Å². The van der Waals surface area contributed by atoms with Gasteiger partial charge in [-0.25, -0.2) is 9.59 Å². The van der Waals surface area contributed by atoms with Gasteiger partial charge in [0.1, 0.15) is 5.75 Å². The number of ketones is 2. The monoisotopic (exact) mass is 401 g/mol. The quantitative estimate of drug-likeness (QED) is 0.508. The summed E-state index contributed by atoms with van der Waals surface area (Å²) in [5.74, 6) is -1.69. The van der Waals surface area contributed by atoms with E-state index in [2.05, 4.69) is 4.98 Å². The van der Waals surface area contributed by atoms with Crippen molar-refractivity contribution in [3.05, 3.63) is 52.3 Å². The smallest absolute Gasteiger partial charge is 0.344 e. The minimum Gasteiger partial charge on any atom is -0.482 e. The Hall–Kier alpha value is -3.42. The number of hydrogen-bond acceptors (Lipinski definition) is 7. The summed E-state index contributed by atoms with van der Waals surface area (Å²) >= 11 is 0. The molecule has 1 heterocycles. The molecule has 0 aliphatic carbocycles. The molecule has 0 fully saturated rings. The summed E-state index contributed by atoms with van der Waals surface area (Å²) < 4.78 is 15.3. The fourth-order valence-corrected chi connectivity index (χ4v) is 2.80. The first-order valence-electron chi connectivity index (χ1n) is 9.03. The van der Waals surface area contributed by atoms with E-state index >= 15 is 0 Å². The van der Waals surface area contributed by atoms with Gasteiger partial charge in [0.05, 0.1) is 17.7 Å². The Balaban J connectivity index is 1.97. The van der Waals surface area contributed by atoms with E-state index in [1.165, 1.54) is 13.0 Å². The fourth-order valence-electron chi connectivity index (χ4n) is 2.80. The molecule has 2 aromatic rings. The molecule has 0 amide bonds. The molecule has 0 aliphatic heterocycles. The van der Waals surface area contributed by atoms with E-state index in [1.807, 2.05) is 0 Å². The number of aromatic amines is 1. The van der Waals surface area contributed by atoms with Crippen LogP contribution in [0.4, 0.5) is 0 Å². The highest BCUT2D eigenvalue weighted by Gasteiger charge is 2.26. The van der Waals surface area contributed by atoms with E-state index in [0.29, 0.717) is 22.7 Å². The Kier molecular flexibility index (Phi) is 7.30. The molecular weight excluding hydrogens is 378 g/mol. The van der Waals surface area contributed by atoms with E-state index in [0.717, 1.165) is 0 Å². The van der Waals surface area contributed by atoms with Crippen molar-refractivity contribution in [2.24, 2.45) is 0 Å². The third kappa shape index (κ3) is 5.54. The summed E-state index contributed by atoms with van der Waals surface area (Å²) in [7, 11) is 0. The number of Topliss-reactive ketones (excluding diaryl/α,β-unsaturated/α-hetero) is 2. The van der Waals surface area contributed by atoms with Gasteiger partial charge in [-0.2, -0.15) is 0 Å². The maximum absolute atomic E-state index is 12.5. The van der Waals surface area contributed by atoms with E-state index in [9.17, 15) is 19.2 Å². The zero-order chi connectivity index (χ0) is 21.6. The first-order valence-corrected chi connectivity index (χ1v) is 9.03. The first kappa shape index (κ1) is 21.9. The van der Waals surface area contributed by atoms with Gasteiger partial charge in [0.25, 0.3) is 0 Å². The van der Waals surface area contributed by atoms with Gasteiger partial charge in [-0.1, -0.05) is 12.1 Å². The van der Waals surface area contributed by atoms with Crippen LogP contribution in [-0.2, 0) is 14.3 Å². The normalized spacial score (nSPS) is 10.3. The Morgan fingerprint density at radius 1 is 0.966 bits per heavy atom. The molecule has 0 aliphatic rings. The zero-order valence-electron chi connectivity index (χ0n) is 16.8. The molecule has 0 radical (unpaired) electrons. The zero-order valence-corrected chi connectivity index (χ0v) is 16.8. The number of carbonyl (C=O) groups excluding carboxylic acids is 4. The molecule has 0 saturated carbocycles. The Morgan fingerprint density at radius 3 is 2.31 bits per heavy atom. The molecular formula is C21H23NO7. The van der Waals surface area contributed by atoms with E-state index in [1.54, 1.807) is 39.0 Å². The molecule has 29 heavy (non-hydrogen) atoms. The van der Waals surface area contributed by atoms with Crippen LogP contribution in [0.2, 0.25) is 0 Å².